The summed E-state index contributed by atoms with van der Waals surface area (Å²) in [6.07, 6.45) is 1.38. The van der Waals surface area contributed by atoms with Crippen LogP contribution in [0.1, 0.15) is 34.6 Å². The van der Waals surface area contributed by atoms with Crippen molar-refractivity contribution < 1.29 is 18.3 Å². The number of carbonyl (C=O) groups excluding carboxylic acids is 1. The van der Waals surface area contributed by atoms with Crippen LogP contribution >= 0.6 is 0 Å². The molecule has 1 aliphatic heterocycles. The van der Waals surface area contributed by atoms with Gasteiger partial charge in [0.1, 0.15) is 17.4 Å². The molecule has 4 nitrogen and oxygen atoms in total. The average Bonchev–Trinajstić information content (AvgIpc) is 2.87. The average molecular weight is 479 g/mol. The number of amides is 1. The number of hydrogen-bond donors (Lipinski definition) is 1. The van der Waals surface area contributed by atoms with E-state index in [2.05, 4.69) is 10.2 Å². The van der Waals surface area contributed by atoms with E-state index in [0.29, 0.717) is 38.0 Å². The summed E-state index contributed by atoms with van der Waals surface area (Å²) < 4.78 is 32.7. The first-order valence-electron chi connectivity index (χ1n) is 12.1. The Kier molecular flexibility index (Phi) is 8.13. The van der Waals surface area contributed by atoms with Gasteiger partial charge < -0.3 is 10.1 Å². The lowest BCUT2D eigenvalue weighted by Gasteiger charge is -2.37. The molecular formula is C29H32F2N2O2. The lowest BCUT2D eigenvalue weighted by atomic mass is 9.83. The summed E-state index contributed by atoms with van der Waals surface area (Å²) in [5.41, 5.74) is 3.70. The van der Waals surface area contributed by atoms with Gasteiger partial charge in [-0.15, -0.1) is 0 Å². The summed E-state index contributed by atoms with van der Waals surface area (Å²) in [6.45, 7) is 4.29. The van der Waals surface area contributed by atoms with Crippen LogP contribution in [0.4, 0.5) is 8.78 Å². The Hall–Kier alpha value is -3.25. The second-order valence-electron chi connectivity index (χ2n) is 9.31. The highest BCUT2D eigenvalue weighted by molar-refractivity contribution is 5.79. The second kappa shape index (κ2) is 11.5. The quantitative estimate of drug-likeness (QED) is 0.481. The highest BCUT2D eigenvalue weighted by atomic mass is 19.1. The number of nitrogens with zero attached hydrogens (tertiary/aromatic N) is 1. The molecule has 184 valence electrons. The molecule has 0 radical (unpaired) electrons. The number of benzene rings is 3. The van der Waals surface area contributed by atoms with E-state index < -0.39 is 0 Å². The Bertz CT molecular complexity index is 1150. The first-order valence-corrected chi connectivity index (χ1v) is 12.1. The summed E-state index contributed by atoms with van der Waals surface area (Å²) in [7, 11) is 1.65. The second-order valence-corrected chi connectivity index (χ2v) is 9.31. The third-order valence-corrected chi connectivity index (χ3v) is 6.76. The first-order chi connectivity index (χ1) is 16.9. The number of para-hydroxylation sites is 1. The van der Waals surface area contributed by atoms with Gasteiger partial charge in [-0.2, -0.15) is 0 Å². The number of piperidine rings is 1. The summed E-state index contributed by atoms with van der Waals surface area (Å²) >= 11 is 0. The van der Waals surface area contributed by atoms with Crippen molar-refractivity contribution in [2.24, 2.45) is 5.92 Å². The molecule has 1 fully saturated rings. The van der Waals surface area contributed by atoms with Crippen LogP contribution in [0.5, 0.6) is 5.75 Å². The molecule has 3 aromatic carbocycles. The van der Waals surface area contributed by atoms with E-state index in [0.717, 1.165) is 29.0 Å². The van der Waals surface area contributed by atoms with E-state index in [1.54, 1.807) is 26.2 Å². The van der Waals surface area contributed by atoms with E-state index in [4.69, 9.17) is 4.74 Å². The van der Waals surface area contributed by atoms with Crippen LogP contribution in [0.3, 0.4) is 0 Å². The lowest BCUT2D eigenvalue weighted by molar-refractivity contribution is -0.127. The number of ether oxygens (including phenoxy) is 1. The normalized spacial score (nSPS) is 18.3. The maximum Gasteiger partial charge on any atom is 0.224 e. The highest BCUT2D eigenvalue weighted by Gasteiger charge is 2.32. The molecule has 1 saturated heterocycles. The summed E-state index contributed by atoms with van der Waals surface area (Å²) in [5.74, 6) is 0.257. The Labute approximate surface area is 205 Å². The molecular weight excluding hydrogens is 446 g/mol. The number of rotatable bonds is 8. The number of likely N-dealkylation sites (tertiary alicyclic amines) is 1. The minimum Gasteiger partial charge on any atom is -0.496 e. The Morgan fingerprint density at radius 3 is 2.57 bits per heavy atom. The molecule has 3 aromatic rings. The predicted molar refractivity (Wildman–Crippen MR) is 133 cm³/mol. The number of hydrogen-bond acceptors (Lipinski definition) is 3. The zero-order valence-corrected chi connectivity index (χ0v) is 20.3. The molecule has 2 atom stereocenters. The molecule has 4 rings (SSSR count). The minimum absolute atomic E-state index is 0.0209. The van der Waals surface area contributed by atoms with Crippen LogP contribution in [-0.4, -0.2) is 37.6 Å². The van der Waals surface area contributed by atoms with Gasteiger partial charge in [-0.25, -0.2) is 8.78 Å². The SMILES string of the molecule is COc1ccccc1CCNC(=O)C1CC(c2ccc(F)c(C)c2)CN(Cc2ccc(F)cc2)C1. The van der Waals surface area contributed by atoms with Crippen molar-refractivity contribution >= 4 is 5.91 Å². The summed E-state index contributed by atoms with van der Waals surface area (Å²) in [6, 6.07) is 19.5. The van der Waals surface area contributed by atoms with Crippen LogP contribution < -0.4 is 10.1 Å². The largest absolute Gasteiger partial charge is 0.496 e. The smallest absolute Gasteiger partial charge is 0.224 e. The van der Waals surface area contributed by atoms with Gasteiger partial charge in [-0.1, -0.05) is 42.5 Å². The standard InChI is InChI=1S/C29H32F2N2O2/c1-20-15-23(9-12-27(20)31)24-16-25(19-33(18-24)17-21-7-10-26(30)11-8-21)29(34)32-14-13-22-5-3-4-6-28(22)35-2/h3-12,15,24-25H,13-14,16-19H2,1-2H3,(H,32,34). The molecule has 0 bridgehead atoms. The van der Waals surface area contributed by atoms with Gasteiger partial charge in [0.05, 0.1) is 13.0 Å². The van der Waals surface area contributed by atoms with Crippen molar-refractivity contribution in [3.8, 4) is 5.75 Å². The van der Waals surface area contributed by atoms with Crippen molar-refractivity contribution in [2.45, 2.75) is 32.2 Å². The number of aryl methyl sites for hydroxylation is 1. The number of methoxy groups -OCH3 is 1. The van der Waals surface area contributed by atoms with Gasteiger partial charge in [-0.05, 0) is 72.2 Å². The van der Waals surface area contributed by atoms with Crippen LogP contribution in [0.2, 0.25) is 0 Å². The third kappa shape index (κ3) is 6.45. The Morgan fingerprint density at radius 2 is 1.83 bits per heavy atom. The number of nitrogens with one attached hydrogen (secondary N) is 1. The fraction of sp³-hybridized carbons (Fsp3) is 0.345. The molecule has 35 heavy (non-hydrogen) atoms. The molecule has 0 aromatic heterocycles. The van der Waals surface area contributed by atoms with E-state index >= 15 is 0 Å². The summed E-state index contributed by atoms with van der Waals surface area (Å²) in [5, 5.41) is 3.11. The topological polar surface area (TPSA) is 41.6 Å². The highest BCUT2D eigenvalue weighted by Crippen LogP contribution is 2.32. The van der Waals surface area contributed by atoms with E-state index in [1.165, 1.54) is 18.2 Å². The van der Waals surface area contributed by atoms with Crippen molar-refractivity contribution in [2.75, 3.05) is 26.7 Å². The minimum atomic E-state index is -0.264. The number of halogens is 2. The third-order valence-electron chi connectivity index (χ3n) is 6.76. The fourth-order valence-electron chi connectivity index (χ4n) is 4.89. The van der Waals surface area contributed by atoms with E-state index in [-0.39, 0.29) is 29.4 Å². The van der Waals surface area contributed by atoms with Crippen molar-refractivity contribution in [1.29, 1.82) is 0 Å². The van der Waals surface area contributed by atoms with Crippen LogP contribution in [-0.2, 0) is 17.8 Å². The number of carbonyl (C=O) groups is 1. The van der Waals surface area contributed by atoms with Gasteiger partial charge in [-0.3, -0.25) is 9.69 Å². The van der Waals surface area contributed by atoms with Crippen molar-refractivity contribution in [1.82, 2.24) is 10.2 Å². The zero-order valence-electron chi connectivity index (χ0n) is 20.3. The molecule has 1 heterocycles. The molecule has 1 aliphatic rings. The Balaban J connectivity index is 1.46. The molecule has 1 N–H and O–H groups in total. The summed E-state index contributed by atoms with van der Waals surface area (Å²) in [4.78, 5) is 15.4. The molecule has 2 unspecified atom stereocenters. The lowest BCUT2D eigenvalue weighted by Crippen LogP contribution is -2.45. The van der Waals surface area contributed by atoms with Gasteiger partial charge in [0, 0.05) is 26.2 Å². The first kappa shape index (κ1) is 24.9. The Morgan fingerprint density at radius 1 is 1.06 bits per heavy atom. The maximum absolute atomic E-state index is 13.9. The van der Waals surface area contributed by atoms with Crippen molar-refractivity contribution in [3.63, 3.8) is 0 Å². The van der Waals surface area contributed by atoms with E-state index in [1.807, 2.05) is 36.4 Å². The molecule has 0 spiro atoms. The monoisotopic (exact) mass is 478 g/mol. The van der Waals surface area contributed by atoms with Crippen LogP contribution in [0.25, 0.3) is 0 Å². The molecule has 6 heteroatoms. The molecule has 1 amide bonds. The zero-order chi connectivity index (χ0) is 24.8. The van der Waals surface area contributed by atoms with Gasteiger partial charge >= 0.3 is 0 Å². The predicted octanol–water partition coefficient (Wildman–Crippen LogP) is 5.25. The van der Waals surface area contributed by atoms with Gasteiger partial charge in [0.25, 0.3) is 0 Å². The molecule has 0 saturated carbocycles. The maximum atomic E-state index is 13.9. The van der Waals surface area contributed by atoms with Gasteiger partial charge in [0.2, 0.25) is 5.91 Å². The fourth-order valence-corrected chi connectivity index (χ4v) is 4.89. The van der Waals surface area contributed by atoms with Crippen LogP contribution in [0.15, 0.2) is 66.7 Å². The van der Waals surface area contributed by atoms with Crippen molar-refractivity contribution in [3.05, 3.63) is 101 Å². The molecule has 0 aliphatic carbocycles. The van der Waals surface area contributed by atoms with E-state index in [9.17, 15) is 13.6 Å². The van der Waals surface area contributed by atoms with Gasteiger partial charge in [0.15, 0.2) is 0 Å². The van der Waals surface area contributed by atoms with Crippen LogP contribution in [0, 0.1) is 24.5 Å².